The van der Waals surface area contributed by atoms with E-state index in [1.54, 1.807) is 0 Å². The van der Waals surface area contributed by atoms with E-state index in [1.807, 2.05) is 0 Å². The number of fused-ring (bicyclic) bond motifs is 2. The largest absolute Gasteiger partial charge is 0.316 e. The fourth-order valence-electron chi connectivity index (χ4n) is 3.98. The normalized spacial score (nSPS) is 42.4. The van der Waals surface area contributed by atoms with Crippen LogP contribution in [-0.2, 0) is 0 Å². The van der Waals surface area contributed by atoms with Crippen molar-refractivity contribution in [2.45, 2.75) is 52.4 Å². The van der Waals surface area contributed by atoms with Crippen LogP contribution in [0.25, 0.3) is 0 Å². The summed E-state index contributed by atoms with van der Waals surface area (Å²) in [6, 6.07) is 0. The Morgan fingerprint density at radius 3 is 3.00 bits per heavy atom. The van der Waals surface area contributed by atoms with Crippen molar-refractivity contribution in [3.05, 3.63) is 0 Å². The van der Waals surface area contributed by atoms with Crippen molar-refractivity contribution in [3.63, 3.8) is 0 Å². The lowest BCUT2D eigenvalue weighted by atomic mass is 9.59. The molecule has 2 bridgehead atoms. The van der Waals surface area contributed by atoms with Gasteiger partial charge in [0, 0.05) is 6.54 Å². The second-order valence-corrected chi connectivity index (χ2v) is 5.79. The van der Waals surface area contributed by atoms with Gasteiger partial charge in [-0.2, -0.15) is 0 Å². The summed E-state index contributed by atoms with van der Waals surface area (Å²) in [7, 11) is 0. The molecule has 2 aliphatic rings. The minimum absolute atomic E-state index is 0.691. The topological polar surface area (TPSA) is 12.0 Å². The molecule has 0 heterocycles. The van der Waals surface area contributed by atoms with E-state index in [4.69, 9.17) is 0 Å². The zero-order valence-corrected chi connectivity index (χ0v) is 9.81. The van der Waals surface area contributed by atoms with Crippen LogP contribution in [0.5, 0.6) is 0 Å². The van der Waals surface area contributed by atoms with E-state index in [9.17, 15) is 0 Å². The maximum Gasteiger partial charge on any atom is 0.000789 e. The highest BCUT2D eigenvalue weighted by Crippen LogP contribution is 2.50. The molecular formula is C13H25N. The summed E-state index contributed by atoms with van der Waals surface area (Å²) in [5.74, 6) is 2.04. The van der Waals surface area contributed by atoms with Crippen LogP contribution in [0.15, 0.2) is 0 Å². The lowest BCUT2D eigenvalue weighted by molar-refractivity contribution is 0.0459. The van der Waals surface area contributed by atoms with E-state index in [-0.39, 0.29) is 0 Å². The Kier molecular flexibility index (Phi) is 3.16. The molecule has 0 aromatic rings. The van der Waals surface area contributed by atoms with Crippen LogP contribution < -0.4 is 5.32 Å². The summed E-state index contributed by atoms with van der Waals surface area (Å²) in [4.78, 5) is 0. The molecule has 82 valence electrons. The Labute approximate surface area is 88.7 Å². The van der Waals surface area contributed by atoms with E-state index in [0.717, 1.165) is 18.4 Å². The zero-order chi connectivity index (χ0) is 10.0. The Balaban J connectivity index is 1.99. The highest BCUT2D eigenvalue weighted by molar-refractivity contribution is 4.93. The van der Waals surface area contributed by atoms with Gasteiger partial charge in [0.15, 0.2) is 0 Å². The monoisotopic (exact) mass is 195 g/mol. The maximum absolute atomic E-state index is 3.58. The van der Waals surface area contributed by atoms with Gasteiger partial charge in [0.2, 0.25) is 0 Å². The van der Waals surface area contributed by atoms with Crippen LogP contribution in [0.3, 0.4) is 0 Å². The molecule has 2 saturated carbocycles. The smallest absolute Gasteiger partial charge is 0.000789 e. The third kappa shape index (κ3) is 2.13. The molecular weight excluding hydrogens is 170 g/mol. The average molecular weight is 195 g/mol. The first kappa shape index (κ1) is 10.5. The van der Waals surface area contributed by atoms with Crippen LogP contribution in [-0.4, -0.2) is 13.1 Å². The summed E-state index contributed by atoms with van der Waals surface area (Å²) in [5, 5.41) is 3.58. The molecule has 0 saturated heterocycles. The molecule has 2 rings (SSSR count). The van der Waals surface area contributed by atoms with Crippen molar-refractivity contribution in [3.8, 4) is 0 Å². The second kappa shape index (κ2) is 4.22. The highest BCUT2D eigenvalue weighted by atomic mass is 14.9. The Bertz CT molecular complexity index is 186. The molecule has 3 unspecified atom stereocenters. The molecule has 0 radical (unpaired) electrons. The van der Waals surface area contributed by atoms with Crippen LogP contribution in [0.2, 0.25) is 0 Å². The molecule has 1 heteroatoms. The molecule has 1 N–H and O–H groups in total. The summed E-state index contributed by atoms with van der Waals surface area (Å²) < 4.78 is 0. The van der Waals surface area contributed by atoms with Gasteiger partial charge in [-0.05, 0) is 49.5 Å². The number of hydrogen-bond donors (Lipinski definition) is 1. The van der Waals surface area contributed by atoms with Crippen molar-refractivity contribution in [1.82, 2.24) is 5.32 Å². The predicted molar refractivity (Wildman–Crippen MR) is 61.3 cm³/mol. The molecule has 0 aliphatic heterocycles. The van der Waals surface area contributed by atoms with Crippen LogP contribution in [0, 0.1) is 17.3 Å². The molecule has 0 amide bonds. The zero-order valence-electron chi connectivity index (χ0n) is 9.81. The van der Waals surface area contributed by atoms with E-state index in [2.05, 4.69) is 19.2 Å². The Morgan fingerprint density at radius 1 is 1.36 bits per heavy atom. The fraction of sp³-hybridized carbons (Fsp3) is 1.00. The minimum Gasteiger partial charge on any atom is -0.316 e. The maximum atomic E-state index is 3.58. The Hall–Kier alpha value is -0.0400. The van der Waals surface area contributed by atoms with E-state index >= 15 is 0 Å². The van der Waals surface area contributed by atoms with Crippen molar-refractivity contribution in [2.24, 2.45) is 17.3 Å². The Morgan fingerprint density at radius 2 is 2.21 bits per heavy atom. The van der Waals surface area contributed by atoms with Gasteiger partial charge < -0.3 is 5.32 Å². The number of rotatable bonds is 3. The van der Waals surface area contributed by atoms with E-state index in [0.29, 0.717) is 5.41 Å². The van der Waals surface area contributed by atoms with Gasteiger partial charge in [0.1, 0.15) is 0 Å². The fourth-order valence-corrected chi connectivity index (χ4v) is 3.98. The molecule has 0 spiro atoms. The summed E-state index contributed by atoms with van der Waals surface area (Å²) >= 11 is 0. The van der Waals surface area contributed by atoms with Gasteiger partial charge in [-0.1, -0.05) is 26.7 Å². The van der Waals surface area contributed by atoms with Gasteiger partial charge in [-0.15, -0.1) is 0 Å². The standard InChI is InChI=1S/C13H25N/c1-3-14-10-13-6-4-5-12(9-13)7-11(2)8-13/h11-12,14H,3-10H2,1-2H3. The molecule has 2 fully saturated rings. The molecule has 14 heavy (non-hydrogen) atoms. The van der Waals surface area contributed by atoms with Crippen molar-refractivity contribution >= 4 is 0 Å². The first-order valence-electron chi connectivity index (χ1n) is 6.45. The summed E-state index contributed by atoms with van der Waals surface area (Å²) in [6.45, 7) is 7.10. The SMILES string of the molecule is CCNCC12CCCC(CC(C)C1)C2. The lowest BCUT2D eigenvalue weighted by Crippen LogP contribution is -2.43. The molecule has 0 aromatic heterocycles. The van der Waals surface area contributed by atoms with Gasteiger partial charge in [0.05, 0.1) is 0 Å². The summed E-state index contributed by atoms with van der Waals surface area (Å²) in [6.07, 6.45) is 9.00. The lowest BCUT2D eigenvalue weighted by Gasteiger charge is -2.48. The number of hydrogen-bond acceptors (Lipinski definition) is 1. The van der Waals surface area contributed by atoms with Crippen LogP contribution >= 0.6 is 0 Å². The molecule has 3 atom stereocenters. The third-order valence-corrected chi connectivity index (χ3v) is 4.31. The van der Waals surface area contributed by atoms with Crippen molar-refractivity contribution < 1.29 is 0 Å². The van der Waals surface area contributed by atoms with Gasteiger partial charge in [-0.3, -0.25) is 0 Å². The minimum atomic E-state index is 0.691. The molecule has 2 aliphatic carbocycles. The van der Waals surface area contributed by atoms with Crippen molar-refractivity contribution in [1.29, 1.82) is 0 Å². The quantitative estimate of drug-likeness (QED) is 0.729. The van der Waals surface area contributed by atoms with E-state index in [1.165, 1.54) is 45.1 Å². The first-order chi connectivity index (χ1) is 6.74. The second-order valence-electron chi connectivity index (χ2n) is 5.79. The van der Waals surface area contributed by atoms with Crippen LogP contribution in [0.1, 0.15) is 52.4 Å². The van der Waals surface area contributed by atoms with Crippen LogP contribution in [0.4, 0.5) is 0 Å². The van der Waals surface area contributed by atoms with Gasteiger partial charge in [-0.25, -0.2) is 0 Å². The predicted octanol–water partition coefficient (Wildman–Crippen LogP) is 3.20. The molecule has 1 nitrogen and oxygen atoms in total. The average Bonchev–Trinajstić information content (AvgIpc) is 2.14. The highest BCUT2D eigenvalue weighted by Gasteiger charge is 2.41. The third-order valence-electron chi connectivity index (χ3n) is 4.31. The van der Waals surface area contributed by atoms with Gasteiger partial charge in [0.25, 0.3) is 0 Å². The van der Waals surface area contributed by atoms with E-state index < -0.39 is 0 Å². The number of nitrogens with one attached hydrogen (secondary N) is 1. The first-order valence-corrected chi connectivity index (χ1v) is 6.45. The summed E-state index contributed by atoms with van der Waals surface area (Å²) in [5.41, 5.74) is 0.691. The van der Waals surface area contributed by atoms with Gasteiger partial charge >= 0.3 is 0 Å². The van der Waals surface area contributed by atoms with Crippen molar-refractivity contribution in [2.75, 3.05) is 13.1 Å². The molecule has 0 aromatic carbocycles.